The Hall–Kier alpha value is -4.93. The number of nitrogens with zero attached hydrogens (tertiary/aromatic N) is 1. The minimum Gasteiger partial charge on any atom is -0.497 e. The molecule has 0 saturated carbocycles. The van der Waals surface area contributed by atoms with Crippen molar-refractivity contribution < 1.29 is 37.8 Å². The highest BCUT2D eigenvalue weighted by Gasteiger charge is 2.21. The molecular formula is C43H52N3O8P. The van der Waals surface area contributed by atoms with E-state index < -0.39 is 13.2 Å². The maximum absolute atomic E-state index is 13.3. The molecule has 55 heavy (non-hydrogen) atoms. The van der Waals surface area contributed by atoms with E-state index >= 15 is 0 Å². The third-order valence-corrected chi connectivity index (χ3v) is 10.2. The number of hydrogen-bond acceptors (Lipinski definition) is 9. The van der Waals surface area contributed by atoms with Crippen molar-refractivity contribution >= 4 is 40.6 Å². The Bertz CT molecular complexity index is 2110. The number of benzene rings is 4. The summed E-state index contributed by atoms with van der Waals surface area (Å²) in [5, 5.41) is 8.31. The summed E-state index contributed by atoms with van der Waals surface area (Å²) in [5.74, 6) is 2.60. The van der Waals surface area contributed by atoms with Crippen LogP contribution in [0.25, 0.3) is 10.8 Å². The second-order valence-corrected chi connectivity index (χ2v) is 17.7. The molecule has 2 amide bonds. The van der Waals surface area contributed by atoms with Crippen LogP contribution in [0.2, 0.25) is 0 Å². The summed E-state index contributed by atoms with van der Waals surface area (Å²) in [6.45, 7) is 12.6. The van der Waals surface area contributed by atoms with E-state index in [0.29, 0.717) is 80.4 Å². The lowest BCUT2D eigenvalue weighted by Gasteiger charge is -2.22. The number of pyridine rings is 1. The Morgan fingerprint density at radius 2 is 1.45 bits per heavy atom. The van der Waals surface area contributed by atoms with Crippen molar-refractivity contribution in [1.29, 1.82) is 0 Å². The summed E-state index contributed by atoms with van der Waals surface area (Å²) >= 11 is 0. The zero-order valence-corrected chi connectivity index (χ0v) is 33.7. The molecule has 0 radical (unpaired) electrons. The molecule has 292 valence electrons. The van der Waals surface area contributed by atoms with Crippen molar-refractivity contribution in [2.24, 2.45) is 0 Å². The van der Waals surface area contributed by atoms with E-state index in [-0.39, 0.29) is 5.41 Å². The lowest BCUT2D eigenvalue weighted by atomic mass is 9.87. The van der Waals surface area contributed by atoms with Gasteiger partial charge in [-0.1, -0.05) is 45.0 Å². The molecule has 0 fully saturated rings. The lowest BCUT2D eigenvalue weighted by Crippen LogP contribution is -2.22. The van der Waals surface area contributed by atoms with Gasteiger partial charge in [0, 0.05) is 59.3 Å². The van der Waals surface area contributed by atoms with Crippen molar-refractivity contribution in [1.82, 2.24) is 4.98 Å². The largest absolute Gasteiger partial charge is 0.497 e. The molecular weight excluding hydrogens is 717 g/mol. The molecule has 0 spiro atoms. The molecule has 4 aromatic carbocycles. The summed E-state index contributed by atoms with van der Waals surface area (Å²) in [6, 6.07) is 26.2. The smallest absolute Gasteiger partial charge is 0.323 e. The van der Waals surface area contributed by atoms with Gasteiger partial charge in [-0.2, -0.15) is 0 Å². The van der Waals surface area contributed by atoms with Crippen LogP contribution in [0.5, 0.6) is 23.0 Å². The quantitative estimate of drug-likeness (QED) is 0.0664. The summed E-state index contributed by atoms with van der Waals surface area (Å²) in [6.07, 6.45) is 2.24. The monoisotopic (exact) mass is 769 g/mol. The molecule has 0 aliphatic rings. The van der Waals surface area contributed by atoms with Crippen molar-refractivity contribution in [2.75, 3.05) is 77.8 Å². The summed E-state index contributed by atoms with van der Waals surface area (Å²) in [5.41, 5.74) is 3.77. The van der Waals surface area contributed by atoms with Gasteiger partial charge >= 0.3 is 6.03 Å². The Morgan fingerprint density at radius 3 is 2.16 bits per heavy atom. The number of rotatable bonds is 18. The highest BCUT2D eigenvalue weighted by molar-refractivity contribution is 7.70. The highest BCUT2D eigenvalue weighted by Crippen LogP contribution is 2.38. The SMILES string of the molecule is COCCOCCOCCOc1cc(Cc2cc(Oc3ccc(NC(=O)Nc4cc(C(C)(C)C)cc(P(C)(C)=O)c4)c4ccccc34)ccn2)cc(OC)c1. The Kier molecular flexibility index (Phi) is 14.3. The van der Waals surface area contributed by atoms with Gasteiger partial charge in [-0.05, 0) is 78.4 Å². The molecule has 1 heterocycles. The van der Waals surface area contributed by atoms with Gasteiger partial charge in [0.15, 0.2) is 0 Å². The lowest BCUT2D eigenvalue weighted by molar-refractivity contribution is 0.0179. The topological polar surface area (TPSA) is 126 Å². The second kappa shape index (κ2) is 19.1. The first-order valence-corrected chi connectivity index (χ1v) is 20.8. The Morgan fingerprint density at radius 1 is 0.745 bits per heavy atom. The highest BCUT2D eigenvalue weighted by atomic mass is 31.2. The molecule has 0 atom stereocenters. The number of methoxy groups -OCH3 is 2. The summed E-state index contributed by atoms with van der Waals surface area (Å²) in [4.78, 5) is 17.9. The van der Waals surface area contributed by atoms with E-state index in [1.807, 2.05) is 78.9 Å². The van der Waals surface area contributed by atoms with Gasteiger partial charge in [0.2, 0.25) is 0 Å². The molecule has 1 aromatic heterocycles. The molecule has 0 unspecified atom stereocenters. The van der Waals surface area contributed by atoms with Gasteiger partial charge in [0.05, 0.1) is 45.8 Å². The van der Waals surface area contributed by atoms with Crippen LogP contribution in [-0.4, -0.2) is 78.2 Å². The normalized spacial score (nSPS) is 11.7. The number of carbonyl (C=O) groups excluding carboxylic acids is 1. The Balaban J connectivity index is 1.25. The number of aromatic nitrogens is 1. The number of amides is 2. The first-order chi connectivity index (χ1) is 26.3. The number of carbonyl (C=O) groups is 1. The van der Waals surface area contributed by atoms with Crippen molar-refractivity contribution in [3.8, 4) is 23.0 Å². The van der Waals surface area contributed by atoms with Gasteiger partial charge in [-0.15, -0.1) is 0 Å². The number of nitrogens with one attached hydrogen (secondary N) is 2. The van der Waals surface area contributed by atoms with Crippen molar-refractivity contribution in [3.63, 3.8) is 0 Å². The minimum atomic E-state index is -2.56. The standard InChI is InChI=1S/C43H52N3O8P/c1-43(2,3)31-25-33(28-37(26-31)55(6,7)48)45-42(47)46-40-12-13-41(39-11-9-8-10-38(39)40)54-34-14-15-44-32(27-34)22-30-23-35(50-5)29-36(24-30)53-21-20-52-19-18-51-17-16-49-4/h8-15,23-29H,16-22H2,1-7H3,(H2,45,46,47). The number of hydrogen-bond donors (Lipinski definition) is 2. The average molecular weight is 770 g/mol. The van der Waals surface area contributed by atoms with Gasteiger partial charge < -0.3 is 43.6 Å². The number of fused-ring (bicyclic) bond motifs is 1. The van der Waals surface area contributed by atoms with Crippen LogP contribution in [0.4, 0.5) is 16.2 Å². The summed E-state index contributed by atoms with van der Waals surface area (Å²) < 4.78 is 46.9. The molecule has 0 bridgehead atoms. The fourth-order valence-electron chi connectivity index (χ4n) is 5.75. The molecule has 11 nitrogen and oxygen atoms in total. The molecule has 2 N–H and O–H groups in total. The average Bonchev–Trinajstić information content (AvgIpc) is 3.14. The zero-order chi connectivity index (χ0) is 39.4. The van der Waals surface area contributed by atoms with Gasteiger partial charge in [0.25, 0.3) is 0 Å². The van der Waals surface area contributed by atoms with E-state index in [0.717, 1.165) is 32.9 Å². The van der Waals surface area contributed by atoms with E-state index in [9.17, 15) is 9.36 Å². The first kappa shape index (κ1) is 41.2. The predicted molar refractivity (Wildman–Crippen MR) is 220 cm³/mol. The molecule has 0 aliphatic carbocycles. The Labute approximate surface area is 324 Å². The third kappa shape index (κ3) is 12.3. The molecule has 5 rings (SSSR count). The van der Waals surface area contributed by atoms with E-state index in [1.165, 1.54) is 0 Å². The molecule has 12 heteroatoms. The zero-order valence-electron chi connectivity index (χ0n) is 32.8. The van der Waals surface area contributed by atoms with Crippen LogP contribution in [0.15, 0.2) is 91.1 Å². The van der Waals surface area contributed by atoms with Crippen LogP contribution in [0, 0.1) is 0 Å². The van der Waals surface area contributed by atoms with Crippen molar-refractivity contribution in [2.45, 2.75) is 32.6 Å². The third-order valence-electron chi connectivity index (χ3n) is 8.67. The summed E-state index contributed by atoms with van der Waals surface area (Å²) in [7, 11) is 0.699. The van der Waals surface area contributed by atoms with Crippen LogP contribution in [-0.2, 0) is 30.6 Å². The van der Waals surface area contributed by atoms with E-state index in [1.54, 1.807) is 39.8 Å². The fourth-order valence-corrected chi connectivity index (χ4v) is 6.65. The number of anilines is 2. The van der Waals surface area contributed by atoms with E-state index in [2.05, 4.69) is 36.4 Å². The minimum absolute atomic E-state index is 0.190. The van der Waals surface area contributed by atoms with Crippen LogP contribution >= 0.6 is 7.14 Å². The maximum atomic E-state index is 13.3. The number of ether oxygens (including phenoxy) is 6. The molecule has 5 aromatic rings. The van der Waals surface area contributed by atoms with Gasteiger partial charge in [0.1, 0.15) is 36.7 Å². The molecule has 0 saturated heterocycles. The second-order valence-electron chi connectivity index (χ2n) is 14.4. The van der Waals surface area contributed by atoms with Gasteiger partial charge in [-0.3, -0.25) is 4.98 Å². The number of urea groups is 1. The van der Waals surface area contributed by atoms with Crippen LogP contribution in [0.1, 0.15) is 37.6 Å². The first-order valence-electron chi connectivity index (χ1n) is 18.2. The fraction of sp³-hybridized carbons (Fsp3) is 0.349. The van der Waals surface area contributed by atoms with Crippen molar-refractivity contribution in [3.05, 3.63) is 108 Å². The maximum Gasteiger partial charge on any atom is 0.323 e. The van der Waals surface area contributed by atoms with Crippen LogP contribution in [0.3, 0.4) is 0 Å². The molecule has 0 aliphatic heterocycles. The van der Waals surface area contributed by atoms with E-state index in [4.69, 9.17) is 28.4 Å². The van der Waals surface area contributed by atoms with Crippen LogP contribution < -0.4 is 30.1 Å². The predicted octanol–water partition coefficient (Wildman–Crippen LogP) is 8.87. The van der Waals surface area contributed by atoms with Gasteiger partial charge in [-0.25, -0.2) is 4.79 Å².